The highest BCUT2D eigenvalue weighted by atomic mass is 19.1. The van der Waals surface area contributed by atoms with Crippen LogP contribution in [0.4, 0.5) is 24.5 Å². The Labute approximate surface area is 119 Å². The standard InChI is InChI=1S/C15H13F3N2O/c1-8-5-10(19-2)3-4-11(8)15(21)20-14-12(17)6-9(16)7-13(14)18/h3-7,19H,1-2H3,(H,20,21). The van der Waals surface area contributed by atoms with Crippen LogP contribution in [-0.2, 0) is 0 Å². The van der Waals surface area contributed by atoms with E-state index >= 15 is 0 Å². The van der Waals surface area contributed by atoms with Crippen molar-refractivity contribution < 1.29 is 18.0 Å². The smallest absolute Gasteiger partial charge is 0.256 e. The minimum absolute atomic E-state index is 0.275. The average molecular weight is 294 g/mol. The summed E-state index contributed by atoms with van der Waals surface area (Å²) >= 11 is 0. The van der Waals surface area contributed by atoms with Gasteiger partial charge in [0.2, 0.25) is 0 Å². The summed E-state index contributed by atoms with van der Waals surface area (Å²) in [5, 5.41) is 5.04. The predicted octanol–water partition coefficient (Wildman–Crippen LogP) is 3.71. The fourth-order valence-corrected chi connectivity index (χ4v) is 1.92. The van der Waals surface area contributed by atoms with Gasteiger partial charge in [0, 0.05) is 30.4 Å². The number of nitrogens with one attached hydrogen (secondary N) is 2. The van der Waals surface area contributed by atoms with Crippen molar-refractivity contribution in [1.29, 1.82) is 0 Å². The Morgan fingerprint density at radius 3 is 2.19 bits per heavy atom. The molecule has 0 aromatic heterocycles. The van der Waals surface area contributed by atoms with Gasteiger partial charge in [0.25, 0.3) is 5.91 Å². The lowest BCUT2D eigenvalue weighted by molar-refractivity contribution is 0.102. The average Bonchev–Trinajstić information content (AvgIpc) is 2.42. The van der Waals surface area contributed by atoms with Crippen molar-refractivity contribution >= 4 is 17.3 Å². The second-order valence-electron chi connectivity index (χ2n) is 4.48. The first-order valence-corrected chi connectivity index (χ1v) is 6.16. The molecule has 0 aliphatic carbocycles. The van der Waals surface area contributed by atoms with E-state index in [4.69, 9.17) is 0 Å². The van der Waals surface area contributed by atoms with Crippen molar-refractivity contribution in [3.63, 3.8) is 0 Å². The summed E-state index contributed by atoms with van der Waals surface area (Å²) in [7, 11) is 1.73. The van der Waals surface area contributed by atoms with Crippen molar-refractivity contribution in [3.8, 4) is 0 Å². The first-order valence-electron chi connectivity index (χ1n) is 6.16. The molecule has 0 atom stereocenters. The molecule has 0 saturated heterocycles. The number of halogens is 3. The molecule has 3 nitrogen and oxygen atoms in total. The Kier molecular flexibility index (Phi) is 4.16. The third-order valence-electron chi connectivity index (χ3n) is 3.01. The Morgan fingerprint density at radius 2 is 1.67 bits per heavy atom. The lowest BCUT2D eigenvalue weighted by Gasteiger charge is -2.11. The number of hydrogen-bond acceptors (Lipinski definition) is 2. The molecule has 0 unspecified atom stereocenters. The third-order valence-corrected chi connectivity index (χ3v) is 3.01. The van der Waals surface area contributed by atoms with Gasteiger partial charge in [-0.3, -0.25) is 4.79 Å². The molecule has 1 amide bonds. The van der Waals surface area contributed by atoms with Crippen LogP contribution in [0.2, 0.25) is 0 Å². The van der Waals surface area contributed by atoms with Gasteiger partial charge in [0.15, 0.2) is 11.6 Å². The molecule has 0 fully saturated rings. The maximum atomic E-state index is 13.5. The molecule has 6 heteroatoms. The molecule has 0 heterocycles. The Bertz CT molecular complexity index is 678. The second kappa shape index (κ2) is 5.87. The van der Waals surface area contributed by atoms with E-state index in [1.165, 1.54) is 6.07 Å². The van der Waals surface area contributed by atoms with Crippen LogP contribution in [0.1, 0.15) is 15.9 Å². The molecule has 2 aromatic carbocycles. The molecular formula is C15H13F3N2O. The van der Waals surface area contributed by atoms with Crippen LogP contribution in [-0.4, -0.2) is 13.0 Å². The molecule has 2 aromatic rings. The van der Waals surface area contributed by atoms with E-state index in [0.717, 1.165) is 5.69 Å². The number of anilines is 2. The number of rotatable bonds is 3. The van der Waals surface area contributed by atoms with Crippen LogP contribution in [0.25, 0.3) is 0 Å². The van der Waals surface area contributed by atoms with Gasteiger partial charge in [-0.2, -0.15) is 0 Å². The van der Waals surface area contributed by atoms with Crippen LogP contribution in [0, 0.1) is 24.4 Å². The Hall–Kier alpha value is -2.50. The van der Waals surface area contributed by atoms with E-state index in [1.54, 1.807) is 26.1 Å². The molecule has 0 aliphatic rings. The summed E-state index contributed by atoms with van der Waals surface area (Å²) in [6.45, 7) is 1.70. The predicted molar refractivity (Wildman–Crippen MR) is 75.0 cm³/mol. The zero-order valence-corrected chi connectivity index (χ0v) is 11.4. The fraction of sp³-hybridized carbons (Fsp3) is 0.133. The van der Waals surface area contributed by atoms with Gasteiger partial charge in [0.05, 0.1) is 0 Å². The third kappa shape index (κ3) is 3.16. The zero-order chi connectivity index (χ0) is 15.6. The Morgan fingerprint density at radius 1 is 1.05 bits per heavy atom. The van der Waals surface area contributed by atoms with Crippen molar-refractivity contribution in [2.24, 2.45) is 0 Å². The SMILES string of the molecule is CNc1ccc(C(=O)Nc2c(F)cc(F)cc2F)c(C)c1. The van der Waals surface area contributed by atoms with Crippen LogP contribution in [0.15, 0.2) is 30.3 Å². The summed E-state index contributed by atoms with van der Waals surface area (Å²) in [5.74, 6) is -4.03. The number of benzene rings is 2. The van der Waals surface area contributed by atoms with E-state index in [1.807, 2.05) is 0 Å². The molecule has 0 spiro atoms. The summed E-state index contributed by atoms with van der Waals surface area (Å²) in [6.07, 6.45) is 0. The highest BCUT2D eigenvalue weighted by Crippen LogP contribution is 2.22. The van der Waals surface area contributed by atoms with Gasteiger partial charge in [-0.15, -0.1) is 0 Å². The Balaban J connectivity index is 2.30. The molecule has 21 heavy (non-hydrogen) atoms. The van der Waals surface area contributed by atoms with Gasteiger partial charge in [-0.25, -0.2) is 13.2 Å². The monoisotopic (exact) mass is 294 g/mol. The first kappa shape index (κ1) is 14.9. The van der Waals surface area contributed by atoms with E-state index in [2.05, 4.69) is 10.6 Å². The number of carbonyl (C=O) groups is 1. The minimum Gasteiger partial charge on any atom is -0.388 e. The maximum Gasteiger partial charge on any atom is 0.256 e. The van der Waals surface area contributed by atoms with E-state index in [-0.39, 0.29) is 5.56 Å². The van der Waals surface area contributed by atoms with Gasteiger partial charge in [-0.1, -0.05) is 0 Å². The molecule has 0 bridgehead atoms. The number of hydrogen-bond donors (Lipinski definition) is 2. The maximum absolute atomic E-state index is 13.5. The van der Waals surface area contributed by atoms with Gasteiger partial charge < -0.3 is 10.6 Å². The molecule has 2 N–H and O–H groups in total. The molecule has 2 rings (SSSR count). The highest BCUT2D eigenvalue weighted by Gasteiger charge is 2.16. The number of amides is 1. The van der Waals surface area contributed by atoms with Crippen LogP contribution in [0.3, 0.4) is 0 Å². The zero-order valence-electron chi connectivity index (χ0n) is 11.4. The quantitative estimate of drug-likeness (QED) is 0.906. The number of carbonyl (C=O) groups excluding carboxylic acids is 1. The first-order chi connectivity index (χ1) is 9.92. The van der Waals surface area contributed by atoms with E-state index in [9.17, 15) is 18.0 Å². The van der Waals surface area contributed by atoms with Crippen LogP contribution >= 0.6 is 0 Å². The summed E-state index contributed by atoms with van der Waals surface area (Å²) in [6, 6.07) is 5.95. The van der Waals surface area contributed by atoms with Crippen LogP contribution in [0.5, 0.6) is 0 Å². The highest BCUT2D eigenvalue weighted by molar-refractivity contribution is 6.05. The van der Waals surface area contributed by atoms with Gasteiger partial charge in [0.1, 0.15) is 11.5 Å². The molecular weight excluding hydrogens is 281 g/mol. The molecule has 0 aliphatic heterocycles. The number of aryl methyl sites for hydroxylation is 1. The van der Waals surface area contributed by atoms with Gasteiger partial charge >= 0.3 is 0 Å². The van der Waals surface area contributed by atoms with Crippen molar-refractivity contribution in [3.05, 3.63) is 58.9 Å². The lowest BCUT2D eigenvalue weighted by atomic mass is 10.1. The second-order valence-corrected chi connectivity index (χ2v) is 4.48. The minimum atomic E-state index is -1.16. The van der Waals surface area contributed by atoms with Crippen molar-refractivity contribution in [1.82, 2.24) is 0 Å². The topological polar surface area (TPSA) is 41.1 Å². The van der Waals surface area contributed by atoms with Crippen LogP contribution < -0.4 is 10.6 Å². The summed E-state index contributed by atoms with van der Waals surface area (Å²) in [5.41, 5.74) is 1.06. The van der Waals surface area contributed by atoms with Crippen molar-refractivity contribution in [2.75, 3.05) is 17.7 Å². The lowest BCUT2D eigenvalue weighted by Crippen LogP contribution is -2.16. The van der Waals surface area contributed by atoms with Gasteiger partial charge in [-0.05, 0) is 30.7 Å². The molecule has 0 radical (unpaired) electrons. The van der Waals surface area contributed by atoms with Crippen molar-refractivity contribution in [2.45, 2.75) is 6.92 Å². The van der Waals surface area contributed by atoms with E-state index in [0.29, 0.717) is 17.7 Å². The normalized spacial score (nSPS) is 10.3. The molecule has 110 valence electrons. The van der Waals surface area contributed by atoms with E-state index < -0.39 is 29.0 Å². The summed E-state index contributed by atoms with van der Waals surface area (Å²) in [4.78, 5) is 12.1. The fourth-order valence-electron chi connectivity index (χ4n) is 1.92. The summed E-state index contributed by atoms with van der Waals surface area (Å²) < 4.78 is 39.8. The molecule has 0 saturated carbocycles. The largest absolute Gasteiger partial charge is 0.388 e.